The quantitative estimate of drug-likeness (QED) is 0.443. The fourth-order valence-corrected chi connectivity index (χ4v) is 0.974. The lowest BCUT2D eigenvalue weighted by atomic mass is 10.1. The molecule has 0 amide bonds. The highest BCUT2D eigenvalue weighted by Gasteiger charge is 2.14. The van der Waals surface area contributed by atoms with Gasteiger partial charge in [-0.1, -0.05) is 0 Å². The highest BCUT2D eigenvalue weighted by molar-refractivity contribution is 5.71. The van der Waals surface area contributed by atoms with Crippen molar-refractivity contribution in [3.63, 3.8) is 0 Å². The lowest BCUT2D eigenvalue weighted by Gasteiger charge is -2.08. The minimum absolute atomic E-state index is 0.0199. The van der Waals surface area contributed by atoms with Crippen molar-refractivity contribution in [1.82, 2.24) is 0 Å². The Hall–Kier alpha value is -1.14. The van der Waals surface area contributed by atoms with E-state index in [4.69, 9.17) is 20.4 Å². The van der Waals surface area contributed by atoms with Crippen LogP contribution >= 0.6 is 0 Å². The Morgan fingerprint density at radius 1 is 1.07 bits per heavy atom. The fourth-order valence-electron chi connectivity index (χ4n) is 0.974. The zero-order valence-corrected chi connectivity index (χ0v) is 7.59. The van der Waals surface area contributed by atoms with Crippen LogP contribution < -0.4 is 0 Å². The van der Waals surface area contributed by atoms with E-state index in [0.717, 1.165) is 0 Å². The maximum atomic E-state index is 10.1. The van der Waals surface area contributed by atoms with Gasteiger partial charge in [-0.15, -0.1) is 0 Å². The van der Waals surface area contributed by atoms with Crippen molar-refractivity contribution in [2.24, 2.45) is 0 Å². The van der Waals surface area contributed by atoms with Gasteiger partial charge >= 0.3 is 11.9 Å². The van der Waals surface area contributed by atoms with Gasteiger partial charge in [0.1, 0.15) is 0 Å². The van der Waals surface area contributed by atoms with E-state index in [9.17, 15) is 9.59 Å². The molecule has 2 atom stereocenters. The van der Waals surface area contributed by atoms with Gasteiger partial charge in [-0.2, -0.15) is 0 Å². The maximum absolute atomic E-state index is 10.1. The van der Waals surface area contributed by atoms with Gasteiger partial charge in [0.15, 0.2) is 6.10 Å². The van der Waals surface area contributed by atoms with Gasteiger partial charge in [0, 0.05) is 0 Å². The zero-order valence-electron chi connectivity index (χ0n) is 7.59. The third-order valence-electron chi connectivity index (χ3n) is 1.71. The molecule has 4 N–H and O–H groups in total. The predicted molar refractivity (Wildman–Crippen MR) is 45.8 cm³/mol. The van der Waals surface area contributed by atoms with Crippen molar-refractivity contribution in [3.05, 3.63) is 0 Å². The van der Waals surface area contributed by atoms with Gasteiger partial charge in [0.05, 0.1) is 12.5 Å². The summed E-state index contributed by atoms with van der Waals surface area (Å²) in [5.74, 6) is -2.41. The number of rotatable bonds is 7. The van der Waals surface area contributed by atoms with Gasteiger partial charge in [-0.25, -0.2) is 4.79 Å². The van der Waals surface area contributed by atoms with Crippen LogP contribution in [-0.4, -0.2) is 44.6 Å². The molecule has 82 valence electrons. The molecule has 6 nitrogen and oxygen atoms in total. The first kappa shape index (κ1) is 12.9. The number of hydrogen-bond acceptors (Lipinski definition) is 4. The van der Waals surface area contributed by atoms with Crippen LogP contribution in [0.25, 0.3) is 0 Å². The molecule has 0 bridgehead atoms. The highest BCUT2D eigenvalue weighted by atomic mass is 16.4. The second-order valence-corrected chi connectivity index (χ2v) is 3.04. The van der Waals surface area contributed by atoms with Crippen LogP contribution in [0.3, 0.4) is 0 Å². The van der Waals surface area contributed by atoms with Crippen LogP contribution in [0.1, 0.15) is 25.7 Å². The minimum atomic E-state index is -1.44. The normalized spacial score (nSPS) is 14.7. The molecule has 14 heavy (non-hydrogen) atoms. The van der Waals surface area contributed by atoms with Crippen LogP contribution in [0.4, 0.5) is 0 Å². The van der Waals surface area contributed by atoms with E-state index in [2.05, 4.69) is 0 Å². The molecule has 0 saturated carbocycles. The second-order valence-electron chi connectivity index (χ2n) is 3.04. The van der Waals surface area contributed by atoms with Crippen LogP contribution in [0, 0.1) is 0 Å². The lowest BCUT2D eigenvalue weighted by Crippen LogP contribution is -2.20. The summed E-state index contributed by atoms with van der Waals surface area (Å²) in [6.07, 6.45) is -2.30. The summed E-state index contributed by atoms with van der Waals surface area (Å²) in [5, 5.41) is 34.4. The number of carbonyl (C=O) groups is 2. The second kappa shape index (κ2) is 6.33. The summed E-state index contributed by atoms with van der Waals surface area (Å²) in [6, 6.07) is 0. The van der Waals surface area contributed by atoms with Crippen molar-refractivity contribution in [2.45, 2.75) is 37.9 Å². The van der Waals surface area contributed by atoms with Gasteiger partial charge < -0.3 is 20.4 Å². The Kier molecular flexibility index (Phi) is 5.82. The van der Waals surface area contributed by atoms with E-state index in [1.165, 1.54) is 0 Å². The summed E-state index contributed by atoms with van der Waals surface area (Å²) in [7, 11) is 0. The largest absolute Gasteiger partial charge is 0.481 e. The molecule has 0 aromatic heterocycles. The molecule has 2 unspecified atom stereocenters. The van der Waals surface area contributed by atoms with Crippen molar-refractivity contribution < 1.29 is 30.0 Å². The Labute approximate surface area is 80.8 Å². The van der Waals surface area contributed by atoms with Gasteiger partial charge in [-0.05, 0) is 19.3 Å². The first-order valence-electron chi connectivity index (χ1n) is 4.24. The maximum Gasteiger partial charge on any atom is 0.332 e. The summed E-state index contributed by atoms with van der Waals surface area (Å²) in [4.78, 5) is 20.3. The Morgan fingerprint density at radius 3 is 2.07 bits per heavy atom. The van der Waals surface area contributed by atoms with E-state index >= 15 is 0 Å². The van der Waals surface area contributed by atoms with Gasteiger partial charge in [0.2, 0.25) is 0 Å². The van der Waals surface area contributed by atoms with Gasteiger partial charge in [0.25, 0.3) is 0 Å². The predicted octanol–water partition coefficient (Wildman–Crippen LogP) is -0.562. The third-order valence-corrected chi connectivity index (χ3v) is 1.71. The zero-order chi connectivity index (χ0) is 11.1. The molecular formula is C8H14O6. The van der Waals surface area contributed by atoms with E-state index in [1.54, 1.807) is 0 Å². The molecule has 0 saturated heterocycles. The molecule has 0 heterocycles. The van der Waals surface area contributed by atoms with Crippen molar-refractivity contribution in [3.8, 4) is 0 Å². The first-order chi connectivity index (χ1) is 6.43. The monoisotopic (exact) mass is 206 g/mol. The van der Waals surface area contributed by atoms with Gasteiger partial charge in [-0.3, -0.25) is 4.79 Å². The average molecular weight is 206 g/mol. The van der Waals surface area contributed by atoms with Crippen LogP contribution in [-0.2, 0) is 9.59 Å². The molecular weight excluding hydrogens is 192 g/mol. The van der Waals surface area contributed by atoms with Crippen molar-refractivity contribution in [1.29, 1.82) is 0 Å². The smallest absolute Gasteiger partial charge is 0.332 e. The summed E-state index contributed by atoms with van der Waals surface area (Å²) in [6.45, 7) is 0. The Bertz CT molecular complexity index is 202. The molecule has 0 aromatic carbocycles. The first-order valence-corrected chi connectivity index (χ1v) is 4.24. The Balaban J connectivity index is 3.53. The number of aliphatic carboxylic acids is 2. The fraction of sp³-hybridized carbons (Fsp3) is 0.750. The van der Waals surface area contributed by atoms with E-state index < -0.39 is 24.1 Å². The number of hydrogen-bond donors (Lipinski definition) is 4. The van der Waals surface area contributed by atoms with Crippen LogP contribution in [0.2, 0.25) is 0 Å². The third kappa shape index (κ3) is 6.38. The number of aliphatic hydroxyl groups excluding tert-OH is 2. The van der Waals surface area contributed by atoms with Crippen molar-refractivity contribution in [2.75, 3.05) is 0 Å². The molecule has 0 rings (SSSR count). The SMILES string of the molecule is O=C(O)CC(O)CCCC(O)C(=O)O. The van der Waals surface area contributed by atoms with E-state index in [1.807, 2.05) is 0 Å². The topological polar surface area (TPSA) is 115 Å². The summed E-state index contributed by atoms with van der Waals surface area (Å²) >= 11 is 0. The molecule has 0 spiro atoms. The highest BCUT2D eigenvalue weighted by Crippen LogP contribution is 2.07. The van der Waals surface area contributed by atoms with Crippen molar-refractivity contribution >= 4 is 11.9 Å². The molecule has 0 radical (unpaired) electrons. The molecule has 0 aromatic rings. The van der Waals surface area contributed by atoms with E-state index in [-0.39, 0.29) is 25.7 Å². The van der Waals surface area contributed by atoms with Crippen LogP contribution in [0.15, 0.2) is 0 Å². The molecule has 0 aliphatic carbocycles. The number of aliphatic hydroxyl groups is 2. The van der Waals surface area contributed by atoms with E-state index in [0.29, 0.717) is 0 Å². The number of carboxylic acid groups (broad SMARTS) is 2. The molecule has 6 heteroatoms. The molecule has 0 aliphatic rings. The summed E-state index contributed by atoms with van der Waals surface area (Å²) in [5.41, 5.74) is 0. The molecule has 0 fully saturated rings. The molecule has 0 aliphatic heterocycles. The average Bonchev–Trinajstić information content (AvgIpc) is 2.02. The number of carboxylic acids is 2. The lowest BCUT2D eigenvalue weighted by molar-refractivity contribution is -0.147. The Morgan fingerprint density at radius 2 is 1.64 bits per heavy atom. The van der Waals surface area contributed by atoms with Crippen LogP contribution in [0.5, 0.6) is 0 Å². The minimum Gasteiger partial charge on any atom is -0.481 e. The summed E-state index contributed by atoms with van der Waals surface area (Å²) < 4.78 is 0. The standard InChI is InChI=1S/C8H14O6/c9-5(4-7(11)12)2-1-3-6(10)8(13)14/h5-6,9-10H,1-4H2,(H,11,12)(H,13,14).